The van der Waals surface area contributed by atoms with Crippen LogP contribution in [0.25, 0.3) is 0 Å². The van der Waals surface area contributed by atoms with Crippen LogP contribution >= 0.6 is 11.6 Å². The molecule has 0 aliphatic carbocycles. The zero-order valence-electron chi connectivity index (χ0n) is 12.1. The molecule has 0 fully saturated rings. The highest BCUT2D eigenvalue weighted by atomic mass is 35.5. The van der Waals surface area contributed by atoms with Gasteiger partial charge in [0.15, 0.2) is 0 Å². The number of carbonyl (C=O) groups is 1. The number of hydrogen-bond donors (Lipinski definition) is 1. The van der Waals surface area contributed by atoms with Crippen molar-refractivity contribution in [3.05, 3.63) is 58.9 Å². The predicted molar refractivity (Wildman–Crippen MR) is 81.7 cm³/mol. The van der Waals surface area contributed by atoms with E-state index in [0.29, 0.717) is 22.7 Å². The van der Waals surface area contributed by atoms with E-state index in [1.165, 1.54) is 34.0 Å². The molecule has 0 aliphatic rings. The van der Waals surface area contributed by atoms with Crippen LogP contribution in [0.2, 0.25) is 5.02 Å². The van der Waals surface area contributed by atoms with E-state index in [2.05, 4.69) is 20.5 Å². The van der Waals surface area contributed by atoms with E-state index in [9.17, 15) is 9.18 Å². The van der Waals surface area contributed by atoms with Crippen LogP contribution in [-0.4, -0.2) is 30.5 Å². The molecule has 0 saturated heterocycles. The first-order valence-corrected chi connectivity index (χ1v) is 7.02. The van der Waals surface area contributed by atoms with Gasteiger partial charge < -0.3 is 0 Å². The van der Waals surface area contributed by atoms with Gasteiger partial charge in [0.05, 0.1) is 18.3 Å². The van der Waals surface area contributed by atoms with Gasteiger partial charge in [0.25, 0.3) is 5.91 Å². The zero-order chi connectivity index (χ0) is 16.4. The minimum atomic E-state index is -0.401. The second-order valence-electron chi connectivity index (χ2n) is 4.86. The molecule has 1 N–H and O–H groups in total. The molecule has 0 atom stereocenters. The molecule has 2 aromatic heterocycles. The lowest BCUT2D eigenvalue weighted by molar-refractivity contribution is 0.102. The highest BCUT2D eigenvalue weighted by Gasteiger charge is 2.11. The smallest absolute Gasteiger partial charge is 0.261 e. The topological polar surface area (TPSA) is 77.6 Å². The molecule has 0 radical (unpaired) electrons. The Kier molecular flexibility index (Phi) is 4.07. The molecule has 7 nitrogen and oxygen atoms in total. The third-order valence-corrected chi connectivity index (χ3v) is 3.43. The summed E-state index contributed by atoms with van der Waals surface area (Å²) in [5.41, 5.74) is 1.11. The Bertz CT molecular complexity index is 859. The molecule has 1 amide bonds. The quantitative estimate of drug-likeness (QED) is 0.792. The van der Waals surface area contributed by atoms with Crippen molar-refractivity contribution in [1.29, 1.82) is 0 Å². The lowest BCUT2D eigenvalue weighted by atomic mass is 10.2. The number of amides is 1. The van der Waals surface area contributed by atoms with Gasteiger partial charge in [-0.2, -0.15) is 5.10 Å². The second kappa shape index (κ2) is 6.17. The van der Waals surface area contributed by atoms with E-state index >= 15 is 0 Å². The van der Waals surface area contributed by atoms with Gasteiger partial charge >= 0.3 is 0 Å². The summed E-state index contributed by atoms with van der Waals surface area (Å²) < 4.78 is 16.0. The largest absolute Gasteiger partial charge is 0.289 e. The van der Waals surface area contributed by atoms with Crippen molar-refractivity contribution < 1.29 is 9.18 Å². The summed E-state index contributed by atoms with van der Waals surface area (Å²) in [5.74, 6) is -0.588. The maximum absolute atomic E-state index is 13.0. The Morgan fingerprint density at radius 1 is 1.43 bits per heavy atom. The SMILES string of the molecule is Cn1cc(C(=O)Nc2ncn(Cc3ccc(F)cc3Cl)n2)cn1. The molecule has 2 heterocycles. The Balaban J connectivity index is 1.69. The number of aryl methyl sites for hydroxylation is 1. The summed E-state index contributed by atoms with van der Waals surface area (Å²) >= 11 is 5.97. The van der Waals surface area contributed by atoms with Crippen LogP contribution in [0.1, 0.15) is 15.9 Å². The third-order valence-electron chi connectivity index (χ3n) is 3.08. The molecule has 1 aromatic carbocycles. The van der Waals surface area contributed by atoms with E-state index in [-0.39, 0.29) is 11.9 Å². The van der Waals surface area contributed by atoms with E-state index in [0.717, 1.165) is 0 Å². The molecule has 3 rings (SSSR count). The predicted octanol–water partition coefficient (Wildman–Crippen LogP) is 2.10. The van der Waals surface area contributed by atoms with Crippen molar-refractivity contribution in [1.82, 2.24) is 24.5 Å². The number of nitrogens with zero attached hydrogens (tertiary/aromatic N) is 5. The Morgan fingerprint density at radius 3 is 2.96 bits per heavy atom. The van der Waals surface area contributed by atoms with Crippen molar-refractivity contribution in [2.75, 3.05) is 5.32 Å². The highest BCUT2D eigenvalue weighted by Crippen LogP contribution is 2.18. The van der Waals surface area contributed by atoms with Crippen LogP contribution in [0.3, 0.4) is 0 Å². The second-order valence-corrected chi connectivity index (χ2v) is 5.27. The van der Waals surface area contributed by atoms with Gasteiger partial charge in [0.1, 0.15) is 12.1 Å². The first-order valence-electron chi connectivity index (χ1n) is 6.64. The number of hydrogen-bond acceptors (Lipinski definition) is 4. The average molecular weight is 335 g/mol. The van der Waals surface area contributed by atoms with E-state index in [4.69, 9.17) is 11.6 Å². The molecule has 0 saturated carbocycles. The number of rotatable bonds is 4. The van der Waals surface area contributed by atoms with Crippen LogP contribution in [-0.2, 0) is 13.6 Å². The fraction of sp³-hybridized carbons (Fsp3) is 0.143. The lowest BCUT2D eigenvalue weighted by Crippen LogP contribution is -2.13. The van der Waals surface area contributed by atoms with Crippen molar-refractivity contribution in [2.24, 2.45) is 7.05 Å². The van der Waals surface area contributed by atoms with E-state index in [1.54, 1.807) is 19.3 Å². The molecule has 0 unspecified atom stereocenters. The van der Waals surface area contributed by atoms with Crippen LogP contribution < -0.4 is 5.32 Å². The summed E-state index contributed by atoms with van der Waals surface area (Å²) in [6.07, 6.45) is 4.49. The number of anilines is 1. The summed E-state index contributed by atoms with van der Waals surface area (Å²) in [5, 5.41) is 10.9. The van der Waals surface area contributed by atoms with Crippen molar-refractivity contribution in [2.45, 2.75) is 6.54 Å². The van der Waals surface area contributed by atoms with Crippen molar-refractivity contribution in [3.63, 3.8) is 0 Å². The summed E-state index contributed by atoms with van der Waals surface area (Å²) in [7, 11) is 1.72. The number of benzene rings is 1. The van der Waals surface area contributed by atoms with Gasteiger partial charge in [-0.1, -0.05) is 17.7 Å². The molecule has 23 heavy (non-hydrogen) atoms. The Labute approximate surface area is 135 Å². The highest BCUT2D eigenvalue weighted by molar-refractivity contribution is 6.31. The third kappa shape index (κ3) is 3.54. The molecular formula is C14H12ClFN6O. The van der Waals surface area contributed by atoms with Crippen LogP contribution in [0.5, 0.6) is 0 Å². The fourth-order valence-electron chi connectivity index (χ4n) is 1.96. The summed E-state index contributed by atoms with van der Waals surface area (Å²) in [4.78, 5) is 16.0. The molecular weight excluding hydrogens is 323 g/mol. The van der Waals surface area contributed by atoms with Crippen molar-refractivity contribution >= 4 is 23.5 Å². The van der Waals surface area contributed by atoms with E-state index in [1.807, 2.05) is 0 Å². The van der Waals surface area contributed by atoms with Gasteiger partial charge in [-0.15, -0.1) is 5.10 Å². The normalized spacial score (nSPS) is 10.7. The maximum Gasteiger partial charge on any atom is 0.261 e. The number of halogens is 2. The van der Waals surface area contributed by atoms with Gasteiger partial charge in [0.2, 0.25) is 5.95 Å². The van der Waals surface area contributed by atoms with E-state index < -0.39 is 5.82 Å². The van der Waals surface area contributed by atoms with Crippen molar-refractivity contribution in [3.8, 4) is 0 Å². The standard InChI is InChI=1S/C14H12ClFN6O/c1-21-6-10(5-18-21)13(23)19-14-17-8-22(20-14)7-9-2-3-11(16)4-12(9)15/h2-6,8H,7H2,1H3,(H,19,20,23). The molecule has 118 valence electrons. The van der Waals surface area contributed by atoms with Crippen LogP contribution in [0, 0.1) is 5.82 Å². The molecule has 3 aromatic rings. The van der Waals surface area contributed by atoms with Crippen LogP contribution in [0.15, 0.2) is 36.9 Å². The maximum atomic E-state index is 13.0. The number of carbonyl (C=O) groups excluding carboxylic acids is 1. The summed E-state index contributed by atoms with van der Waals surface area (Å²) in [6, 6.07) is 4.13. The number of nitrogens with one attached hydrogen (secondary N) is 1. The first kappa shape index (κ1) is 15.2. The van der Waals surface area contributed by atoms with Gasteiger partial charge in [-0.25, -0.2) is 14.1 Å². The monoisotopic (exact) mass is 334 g/mol. The Hall–Kier alpha value is -2.74. The Morgan fingerprint density at radius 2 is 2.26 bits per heavy atom. The zero-order valence-corrected chi connectivity index (χ0v) is 12.8. The molecule has 0 spiro atoms. The molecule has 0 aliphatic heterocycles. The summed E-state index contributed by atoms with van der Waals surface area (Å²) in [6.45, 7) is 0.314. The average Bonchev–Trinajstić information content (AvgIpc) is 3.11. The van der Waals surface area contributed by atoms with Gasteiger partial charge in [-0.05, 0) is 17.7 Å². The van der Waals surface area contributed by atoms with Gasteiger partial charge in [0, 0.05) is 18.3 Å². The molecule has 0 bridgehead atoms. The van der Waals surface area contributed by atoms with Crippen LogP contribution in [0.4, 0.5) is 10.3 Å². The minimum Gasteiger partial charge on any atom is -0.289 e. The fourth-order valence-corrected chi connectivity index (χ4v) is 2.19. The number of aromatic nitrogens is 5. The lowest BCUT2D eigenvalue weighted by Gasteiger charge is -2.04. The first-order chi connectivity index (χ1) is 11.0. The molecule has 9 heteroatoms. The minimum absolute atomic E-state index is 0.164. The van der Waals surface area contributed by atoms with Gasteiger partial charge in [-0.3, -0.25) is 14.8 Å².